The van der Waals surface area contributed by atoms with Gasteiger partial charge in [-0.3, -0.25) is 9.59 Å². The molecule has 2 aromatic heterocycles. The van der Waals surface area contributed by atoms with E-state index in [0.29, 0.717) is 36.0 Å². The van der Waals surface area contributed by atoms with E-state index in [1.54, 1.807) is 37.4 Å². The Balaban J connectivity index is 1.54. The zero-order valence-corrected chi connectivity index (χ0v) is 18.1. The number of carbonyl (C=O) groups is 2. The van der Waals surface area contributed by atoms with Gasteiger partial charge in [-0.25, -0.2) is 9.37 Å². The SMILES string of the molecule is C[C@@H](Oc1ccc2c(-c3ccc(F)cc3Cl)ccnc2n1)C(=O)N1CCC[C@H](C(=O)O)C1. The Labute approximate surface area is 188 Å². The molecule has 0 saturated carbocycles. The van der Waals surface area contributed by atoms with Crippen molar-refractivity contribution in [1.82, 2.24) is 14.9 Å². The molecule has 2 atom stereocenters. The van der Waals surface area contributed by atoms with Gasteiger partial charge in [0.05, 0.1) is 10.9 Å². The maximum absolute atomic E-state index is 13.4. The fourth-order valence-electron chi connectivity index (χ4n) is 3.89. The number of nitrogens with zero attached hydrogens (tertiary/aromatic N) is 3. The van der Waals surface area contributed by atoms with E-state index in [1.807, 2.05) is 0 Å². The number of aromatic nitrogens is 2. The number of ether oxygens (including phenoxy) is 1. The number of likely N-dealkylation sites (tertiary alicyclic amines) is 1. The second-order valence-electron chi connectivity index (χ2n) is 7.73. The maximum atomic E-state index is 13.4. The van der Waals surface area contributed by atoms with E-state index in [2.05, 4.69) is 9.97 Å². The molecule has 1 amide bonds. The summed E-state index contributed by atoms with van der Waals surface area (Å²) in [4.78, 5) is 34.2. The minimum Gasteiger partial charge on any atom is -0.481 e. The predicted molar refractivity (Wildman–Crippen MR) is 117 cm³/mol. The lowest BCUT2D eigenvalue weighted by molar-refractivity contribution is -0.147. The molecular formula is C23H21ClFN3O4. The zero-order valence-electron chi connectivity index (χ0n) is 17.3. The van der Waals surface area contributed by atoms with E-state index in [1.165, 1.54) is 17.0 Å². The lowest BCUT2D eigenvalue weighted by Crippen LogP contribution is -2.47. The van der Waals surface area contributed by atoms with Crippen LogP contribution in [-0.4, -0.2) is 51.0 Å². The minimum absolute atomic E-state index is 0.177. The molecule has 1 aromatic carbocycles. The highest BCUT2D eigenvalue weighted by molar-refractivity contribution is 6.33. The Morgan fingerprint density at radius 1 is 1.25 bits per heavy atom. The number of pyridine rings is 2. The fraction of sp³-hybridized carbons (Fsp3) is 0.304. The largest absolute Gasteiger partial charge is 0.481 e. The van der Waals surface area contributed by atoms with Crippen molar-refractivity contribution >= 4 is 34.5 Å². The lowest BCUT2D eigenvalue weighted by atomic mass is 9.98. The molecule has 9 heteroatoms. The van der Waals surface area contributed by atoms with E-state index in [0.717, 1.165) is 5.56 Å². The third-order valence-corrected chi connectivity index (χ3v) is 5.84. The van der Waals surface area contributed by atoms with Crippen LogP contribution in [0.1, 0.15) is 19.8 Å². The summed E-state index contributed by atoms with van der Waals surface area (Å²) in [6.45, 7) is 2.29. The van der Waals surface area contributed by atoms with Crippen LogP contribution in [0, 0.1) is 11.7 Å². The summed E-state index contributed by atoms with van der Waals surface area (Å²) in [6, 6.07) is 9.34. The van der Waals surface area contributed by atoms with E-state index in [9.17, 15) is 19.1 Å². The quantitative estimate of drug-likeness (QED) is 0.617. The van der Waals surface area contributed by atoms with Crippen molar-refractivity contribution in [2.75, 3.05) is 13.1 Å². The van der Waals surface area contributed by atoms with Crippen molar-refractivity contribution in [3.8, 4) is 17.0 Å². The molecule has 1 N–H and O–H groups in total. The average molecular weight is 458 g/mol. The standard InChI is InChI=1S/C23H21ClFN3O4/c1-13(22(29)28-10-2-3-14(12-28)23(30)31)32-20-7-6-18-16(8-9-26-21(18)27-20)17-5-4-15(25)11-19(17)24/h4-9,11,13-14H,2-3,10,12H2,1H3,(H,30,31)/t13-,14+/m1/s1. The van der Waals surface area contributed by atoms with Gasteiger partial charge in [0.15, 0.2) is 11.8 Å². The summed E-state index contributed by atoms with van der Waals surface area (Å²) in [5.41, 5.74) is 1.79. The Morgan fingerprint density at radius 2 is 2.06 bits per heavy atom. The Kier molecular flexibility index (Phi) is 6.23. The third kappa shape index (κ3) is 4.50. The number of carboxylic acid groups (broad SMARTS) is 1. The normalized spacial score (nSPS) is 17.2. The van der Waals surface area contributed by atoms with Gasteiger partial charge in [-0.15, -0.1) is 0 Å². The van der Waals surface area contributed by atoms with Crippen LogP contribution in [0.25, 0.3) is 22.2 Å². The summed E-state index contributed by atoms with van der Waals surface area (Å²) in [7, 11) is 0. The van der Waals surface area contributed by atoms with E-state index in [-0.39, 0.29) is 23.4 Å². The molecule has 7 nitrogen and oxygen atoms in total. The number of halogens is 2. The molecule has 0 bridgehead atoms. The Bertz CT molecular complexity index is 1190. The van der Waals surface area contributed by atoms with Crippen molar-refractivity contribution in [2.24, 2.45) is 5.92 Å². The third-order valence-electron chi connectivity index (χ3n) is 5.53. The second-order valence-corrected chi connectivity index (χ2v) is 8.13. The number of rotatable bonds is 5. The van der Waals surface area contributed by atoms with Gasteiger partial charge in [-0.05, 0) is 55.7 Å². The number of piperidine rings is 1. The summed E-state index contributed by atoms with van der Waals surface area (Å²) in [6.07, 6.45) is 1.94. The molecule has 0 unspecified atom stereocenters. The molecule has 1 aliphatic heterocycles. The van der Waals surface area contributed by atoms with Gasteiger partial charge in [-0.2, -0.15) is 4.98 Å². The molecule has 4 rings (SSSR count). The highest BCUT2D eigenvalue weighted by Gasteiger charge is 2.31. The van der Waals surface area contributed by atoms with Crippen molar-refractivity contribution in [3.63, 3.8) is 0 Å². The first-order valence-corrected chi connectivity index (χ1v) is 10.6. The Morgan fingerprint density at radius 3 is 2.81 bits per heavy atom. The van der Waals surface area contributed by atoms with Crippen molar-refractivity contribution in [1.29, 1.82) is 0 Å². The first-order valence-electron chi connectivity index (χ1n) is 10.2. The van der Waals surface area contributed by atoms with Crippen molar-refractivity contribution in [2.45, 2.75) is 25.9 Å². The minimum atomic E-state index is -0.893. The van der Waals surface area contributed by atoms with E-state index < -0.39 is 23.8 Å². The van der Waals surface area contributed by atoms with Crippen LogP contribution in [0.3, 0.4) is 0 Å². The van der Waals surface area contributed by atoms with Crippen LogP contribution in [0.15, 0.2) is 42.6 Å². The molecule has 1 saturated heterocycles. The fourth-order valence-corrected chi connectivity index (χ4v) is 4.16. The number of benzene rings is 1. The Hall–Kier alpha value is -3.26. The monoisotopic (exact) mass is 457 g/mol. The molecule has 1 aliphatic rings. The van der Waals surface area contributed by atoms with Crippen LogP contribution in [0.4, 0.5) is 4.39 Å². The van der Waals surface area contributed by atoms with Gasteiger partial charge >= 0.3 is 5.97 Å². The number of carbonyl (C=O) groups excluding carboxylic acids is 1. The van der Waals surface area contributed by atoms with Crippen LogP contribution < -0.4 is 4.74 Å². The van der Waals surface area contributed by atoms with Gasteiger partial charge in [0.2, 0.25) is 5.88 Å². The number of hydrogen-bond donors (Lipinski definition) is 1. The van der Waals surface area contributed by atoms with Crippen LogP contribution in [0.5, 0.6) is 5.88 Å². The molecule has 1 fully saturated rings. The first kappa shape index (κ1) is 22.0. The predicted octanol–water partition coefficient (Wildman–Crippen LogP) is 4.18. The number of amides is 1. The van der Waals surface area contributed by atoms with Gasteiger partial charge in [0.25, 0.3) is 5.91 Å². The van der Waals surface area contributed by atoms with Gasteiger partial charge in [-0.1, -0.05) is 11.6 Å². The summed E-state index contributed by atoms with van der Waals surface area (Å²) in [5.74, 6) is -1.93. The molecule has 3 aromatic rings. The number of hydrogen-bond acceptors (Lipinski definition) is 5. The lowest BCUT2D eigenvalue weighted by Gasteiger charge is -2.32. The smallest absolute Gasteiger partial charge is 0.308 e. The molecule has 0 aliphatic carbocycles. The molecule has 0 spiro atoms. The molecule has 166 valence electrons. The second kappa shape index (κ2) is 9.08. The summed E-state index contributed by atoms with van der Waals surface area (Å²) >= 11 is 6.22. The van der Waals surface area contributed by atoms with Crippen LogP contribution >= 0.6 is 11.6 Å². The van der Waals surface area contributed by atoms with Crippen LogP contribution in [-0.2, 0) is 9.59 Å². The topological polar surface area (TPSA) is 92.6 Å². The maximum Gasteiger partial charge on any atom is 0.308 e. The highest BCUT2D eigenvalue weighted by atomic mass is 35.5. The number of carboxylic acids is 1. The van der Waals surface area contributed by atoms with Crippen molar-refractivity contribution < 1.29 is 23.8 Å². The molecule has 32 heavy (non-hydrogen) atoms. The first-order chi connectivity index (χ1) is 15.3. The number of aliphatic carboxylic acids is 1. The van der Waals surface area contributed by atoms with Gasteiger partial charge in [0.1, 0.15) is 5.82 Å². The summed E-state index contributed by atoms with van der Waals surface area (Å²) in [5, 5.41) is 10.2. The number of fused-ring (bicyclic) bond motifs is 1. The van der Waals surface area contributed by atoms with E-state index >= 15 is 0 Å². The summed E-state index contributed by atoms with van der Waals surface area (Å²) < 4.78 is 19.2. The van der Waals surface area contributed by atoms with Crippen LogP contribution in [0.2, 0.25) is 5.02 Å². The molecule has 3 heterocycles. The highest BCUT2D eigenvalue weighted by Crippen LogP contribution is 2.33. The van der Waals surface area contributed by atoms with E-state index in [4.69, 9.17) is 16.3 Å². The average Bonchev–Trinajstić information content (AvgIpc) is 2.78. The molecular weight excluding hydrogens is 437 g/mol. The van der Waals surface area contributed by atoms with Gasteiger partial charge in [0, 0.05) is 36.3 Å². The van der Waals surface area contributed by atoms with Gasteiger partial charge < -0.3 is 14.7 Å². The molecule has 0 radical (unpaired) electrons. The van der Waals surface area contributed by atoms with Crippen molar-refractivity contribution in [3.05, 3.63) is 53.4 Å². The zero-order chi connectivity index (χ0) is 22.8.